The number of ether oxygens (including phenoxy) is 4. The van der Waals surface area contributed by atoms with Crippen molar-refractivity contribution in [2.75, 3.05) is 58.4 Å². The number of aromatic nitrogens is 1. The Hall–Kier alpha value is -2.58. The van der Waals surface area contributed by atoms with Crippen LogP contribution in [-0.2, 0) is 20.7 Å². The highest BCUT2D eigenvalue weighted by atomic mass is 16.5. The van der Waals surface area contributed by atoms with Gasteiger partial charge in [0.2, 0.25) is 0 Å². The Labute approximate surface area is 194 Å². The molecule has 178 valence electrons. The fourth-order valence-electron chi connectivity index (χ4n) is 5.08. The molecule has 1 aromatic carbocycles. The van der Waals surface area contributed by atoms with Crippen LogP contribution in [0.25, 0.3) is 10.9 Å². The number of methoxy groups -OCH3 is 1. The predicted molar refractivity (Wildman–Crippen MR) is 125 cm³/mol. The minimum absolute atomic E-state index is 0.276. The molecule has 0 spiro atoms. The molecule has 1 atom stereocenters. The Morgan fingerprint density at radius 3 is 2.82 bits per heavy atom. The summed E-state index contributed by atoms with van der Waals surface area (Å²) in [5.74, 6) is 1.89. The second-order valence-electron chi connectivity index (χ2n) is 9.16. The quantitative estimate of drug-likeness (QED) is 0.408. The molecule has 33 heavy (non-hydrogen) atoms. The molecule has 2 fully saturated rings. The van der Waals surface area contributed by atoms with Gasteiger partial charge in [-0.3, -0.25) is 9.78 Å². The first kappa shape index (κ1) is 22.2. The number of carbonyl (C=O) groups is 1. The van der Waals surface area contributed by atoms with Crippen LogP contribution >= 0.6 is 0 Å². The zero-order valence-corrected chi connectivity index (χ0v) is 19.3. The number of hydrogen-bond acceptors (Lipinski definition) is 8. The van der Waals surface area contributed by atoms with E-state index in [1.165, 1.54) is 25.9 Å². The SMILES string of the molecule is COc1cc2c(NCC3COC3)c3c(nc2cc1OCCCN1CCCC1)CCC3OC=O. The lowest BCUT2D eigenvalue weighted by molar-refractivity contribution is -0.133. The zero-order chi connectivity index (χ0) is 22.6. The molecule has 2 saturated heterocycles. The van der Waals surface area contributed by atoms with E-state index in [1.807, 2.05) is 12.1 Å². The van der Waals surface area contributed by atoms with Gasteiger partial charge in [-0.05, 0) is 51.3 Å². The van der Waals surface area contributed by atoms with Gasteiger partial charge in [-0.1, -0.05) is 0 Å². The summed E-state index contributed by atoms with van der Waals surface area (Å²) >= 11 is 0. The number of fused-ring (bicyclic) bond motifs is 2. The van der Waals surface area contributed by atoms with E-state index in [-0.39, 0.29) is 6.10 Å². The van der Waals surface area contributed by atoms with Gasteiger partial charge in [-0.15, -0.1) is 0 Å². The zero-order valence-electron chi connectivity index (χ0n) is 19.3. The number of likely N-dealkylation sites (tertiary alicyclic amines) is 1. The van der Waals surface area contributed by atoms with E-state index in [2.05, 4.69) is 10.2 Å². The van der Waals surface area contributed by atoms with E-state index in [0.717, 1.165) is 79.2 Å². The predicted octanol–water partition coefficient (Wildman–Crippen LogP) is 3.33. The Morgan fingerprint density at radius 2 is 2.09 bits per heavy atom. The van der Waals surface area contributed by atoms with E-state index in [4.69, 9.17) is 23.9 Å². The van der Waals surface area contributed by atoms with Crippen molar-refractivity contribution in [2.45, 2.75) is 38.2 Å². The molecule has 1 unspecified atom stereocenters. The number of anilines is 1. The number of hydrogen-bond donors (Lipinski definition) is 1. The fourth-order valence-corrected chi connectivity index (χ4v) is 5.08. The summed E-state index contributed by atoms with van der Waals surface area (Å²) in [4.78, 5) is 18.5. The molecule has 1 aliphatic carbocycles. The van der Waals surface area contributed by atoms with Crippen LogP contribution in [0, 0.1) is 5.92 Å². The molecule has 0 saturated carbocycles. The number of aryl methyl sites for hydroxylation is 1. The van der Waals surface area contributed by atoms with Gasteiger partial charge >= 0.3 is 0 Å². The van der Waals surface area contributed by atoms with Gasteiger partial charge in [0.05, 0.1) is 43.8 Å². The third-order valence-electron chi connectivity index (χ3n) is 6.92. The molecule has 1 N–H and O–H groups in total. The van der Waals surface area contributed by atoms with Gasteiger partial charge < -0.3 is 29.2 Å². The Balaban J connectivity index is 1.42. The first-order chi connectivity index (χ1) is 16.3. The van der Waals surface area contributed by atoms with Gasteiger partial charge in [-0.25, -0.2) is 0 Å². The van der Waals surface area contributed by atoms with Crippen molar-refractivity contribution >= 4 is 23.1 Å². The van der Waals surface area contributed by atoms with Crippen LogP contribution in [-0.4, -0.2) is 69.5 Å². The van der Waals surface area contributed by atoms with Crippen LogP contribution in [0.5, 0.6) is 11.5 Å². The van der Waals surface area contributed by atoms with Crippen LogP contribution in [0.4, 0.5) is 5.69 Å². The summed E-state index contributed by atoms with van der Waals surface area (Å²) in [6.45, 7) is 6.99. The van der Waals surface area contributed by atoms with Gasteiger partial charge in [0, 0.05) is 36.0 Å². The minimum Gasteiger partial charge on any atom is -0.493 e. The molecule has 0 radical (unpaired) electrons. The number of benzene rings is 1. The third kappa shape index (κ3) is 4.73. The van der Waals surface area contributed by atoms with E-state index in [0.29, 0.717) is 24.7 Å². The highest BCUT2D eigenvalue weighted by molar-refractivity contribution is 5.96. The monoisotopic (exact) mass is 455 g/mol. The van der Waals surface area contributed by atoms with Gasteiger partial charge in [0.25, 0.3) is 6.47 Å². The molecule has 3 aliphatic rings. The molecule has 5 rings (SSSR count). The second-order valence-corrected chi connectivity index (χ2v) is 9.16. The fraction of sp³-hybridized carbons (Fsp3) is 0.600. The lowest BCUT2D eigenvalue weighted by Gasteiger charge is -2.28. The minimum atomic E-state index is -0.276. The number of pyridine rings is 1. The number of rotatable bonds is 11. The average molecular weight is 456 g/mol. The first-order valence-corrected chi connectivity index (χ1v) is 12.1. The van der Waals surface area contributed by atoms with Crippen LogP contribution in [0.15, 0.2) is 12.1 Å². The summed E-state index contributed by atoms with van der Waals surface area (Å²) < 4.78 is 22.6. The van der Waals surface area contributed by atoms with Crippen molar-refractivity contribution in [2.24, 2.45) is 5.92 Å². The van der Waals surface area contributed by atoms with E-state index >= 15 is 0 Å². The molecular weight excluding hydrogens is 422 g/mol. The maximum absolute atomic E-state index is 11.1. The number of nitrogens with zero attached hydrogens (tertiary/aromatic N) is 2. The molecule has 3 heterocycles. The first-order valence-electron chi connectivity index (χ1n) is 12.1. The topological polar surface area (TPSA) is 82.2 Å². The molecule has 8 heteroatoms. The Morgan fingerprint density at radius 1 is 1.24 bits per heavy atom. The molecule has 0 amide bonds. The molecule has 8 nitrogen and oxygen atoms in total. The molecule has 2 aromatic rings. The summed E-state index contributed by atoms with van der Waals surface area (Å²) in [6, 6.07) is 3.98. The van der Waals surface area contributed by atoms with Gasteiger partial charge in [-0.2, -0.15) is 0 Å². The number of nitrogens with one attached hydrogen (secondary N) is 1. The molecule has 1 aromatic heterocycles. The summed E-state index contributed by atoms with van der Waals surface area (Å²) in [5, 5.41) is 4.57. The van der Waals surface area contributed by atoms with Crippen molar-refractivity contribution < 1.29 is 23.7 Å². The van der Waals surface area contributed by atoms with Gasteiger partial charge in [0.15, 0.2) is 11.5 Å². The Kier molecular flexibility index (Phi) is 6.83. The standard InChI is InChI=1S/C25H33N3O5/c1-30-22-11-18-20(12-23(22)32-10-4-9-28-7-2-3-8-28)27-19-5-6-21(33-16-29)24(19)25(18)26-13-17-14-31-15-17/h11-12,16-17,21H,2-10,13-15H2,1H3,(H,26,27). The van der Waals surface area contributed by atoms with E-state index < -0.39 is 0 Å². The summed E-state index contributed by atoms with van der Waals surface area (Å²) in [7, 11) is 1.66. The highest BCUT2D eigenvalue weighted by Crippen LogP contribution is 2.44. The van der Waals surface area contributed by atoms with Crippen LogP contribution in [0.1, 0.15) is 43.0 Å². The van der Waals surface area contributed by atoms with Crippen LogP contribution < -0.4 is 14.8 Å². The van der Waals surface area contributed by atoms with E-state index in [1.54, 1.807) is 7.11 Å². The third-order valence-corrected chi connectivity index (χ3v) is 6.92. The van der Waals surface area contributed by atoms with Crippen molar-refractivity contribution in [1.29, 1.82) is 0 Å². The maximum atomic E-state index is 11.1. The van der Waals surface area contributed by atoms with Crippen LogP contribution in [0.3, 0.4) is 0 Å². The lowest BCUT2D eigenvalue weighted by Crippen LogP contribution is -2.33. The molecule has 0 bridgehead atoms. The largest absolute Gasteiger partial charge is 0.493 e. The normalized spacial score (nSPS) is 20.5. The maximum Gasteiger partial charge on any atom is 0.293 e. The van der Waals surface area contributed by atoms with Crippen molar-refractivity contribution in [3.63, 3.8) is 0 Å². The summed E-state index contributed by atoms with van der Waals surface area (Å²) in [6.07, 6.45) is 4.84. The van der Waals surface area contributed by atoms with Crippen molar-refractivity contribution in [3.8, 4) is 11.5 Å². The van der Waals surface area contributed by atoms with Gasteiger partial charge in [0.1, 0.15) is 6.10 Å². The van der Waals surface area contributed by atoms with Crippen LogP contribution in [0.2, 0.25) is 0 Å². The molecular formula is C25H33N3O5. The number of carbonyl (C=O) groups excluding carboxylic acids is 1. The van der Waals surface area contributed by atoms with Crippen molar-refractivity contribution in [3.05, 3.63) is 23.4 Å². The second kappa shape index (κ2) is 10.1. The van der Waals surface area contributed by atoms with Crippen molar-refractivity contribution in [1.82, 2.24) is 9.88 Å². The average Bonchev–Trinajstić information content (AvgIpc) is 3.45. The smallest absolute Gasteiger partial charge is 0.293 e. The van der Waals surface area contributed by atoms with E-state index in [9.17, 15) is 4.79 Å². The summed E-state index contributed by atoms with van der Waals surface area (Å²) in [5.41, 5.74) is 3.80. The Bertz CT molecular complexity index is 988. The molecule has 2 aliphatic heterocycles. The lowest BCUT2D eigenvalue weighted by atomic mass is 10.0. The highest BCUT2D eigenvalue weighted by Gasteiger charge is 2.31.